The third kappa shape index (κ3) is 0.778. The number of rotatable bonds is 0. The molecule has 1 aliphatic rings. The van der Waals surface area contributed by atoms with Gasteiger partial charge in [-0.15, -0.1) is 0 Å². The molecule has 1 saturated heterocycles. The van der Waals surface area contributed by atoms with E-state index >= 15 is 0 Å². The van der Waals surface area contributed by atoms with Crippen molar-refractivity contribution in [2.45, 2.75) is 30.6 Å². The molecule has 0 aromatic rings. The standard InChI is InChI=1S/C5H8BrFO/c1-5(2)3(7)4(6)8-5/h3-4H,1-2H3. The molecule has 0 amide bonds. The zero-order chi connectivity index (χ0) is 6.36. The Morgan fingerprint density at radius 3 is 2.12 bits per heavy atom. The van der Waals surface area contributed by atoms with Crippen molar-refractivity contribution >= 4 is 15.9 Å². The van der Waals surface area contributed by atoms with Crippen LogP contribution < -0.4 is 0 Å². The largest absolute Gasteiger partial charge is 0.355 e. The molecule has 3 heteroatoms. The van der Waals surface area contributed by atoms with Gasteiger partial charge < -0.3 is 4.74 Å². The maximum Gasteiger partial charge on any atom is 0.164 e. The Kier molecular flexibility index (Phi) is 1.36. The molecular formula is C5H8BrFO. The van der Waals surface area contributed by atoms with Crippen LogP contribution in [0.25, 0.3) is 0 Å². The molecule has 1 fully saturated rings. The van der Waals surface area contributed by atoms with Gasteiger partial charge in [0.2, 0.25) is 0 Å². The molecule has 1 aliphatic heterocycles. The summed E-state index contributed by atoms with van der Waals surface area (Å²) in [4.78, 5) is 0. The van der Waals surface area contributed by atoms with Crippen molar-refractivity contribution in [2.24, 2.45) is 0 Å². The Labute approximate surface area is 56.3 Å². The summed E-state index contributed by atoms with van der Waals surface area (Å²) in [5.41, 5.74) is -0.561. The van der Waals surface area contributed by atoms with Crippen molar-refractivity contribution in [3.8, 4) is 0 Å². The Balaban J connectivity index is 2.47. The molecule has 1 rings (SSSR count). The lowest BCUT2D eigenvalue weighted by Gasteiger charge is -2.43. The van der Waals surface area contributed by atoms with Gasteiger partial charge in [-0.25, -0.2) is 4.39 Å². The third-order valence-corrected chi connectivity index (χ3v) is 1.96. The van der Waals surface area contributed by atoms with Gasteiger partial charge in [-0.2, -0.15) is 0 Å². The molecule has 0 radical (unpaired) electrons. The van der Waals surface area contributed by atoms with Crippen molar-refractivity contribution < 1.29 is 9.13 Å². The van der Waals surface area contributed by atoms with E-state index in [4.69, 9.17) is 4.74 Å². The summed E-state index contributed by atoms with van der Waals surface area (Å²) in [5, 5.41) is -0.377. The molecule has 0 aromatic heterocycles. The Morgan fingerprint density at radius 1 is 1.62 bits per heavy atom. The second-order valence-electron chi connectivity index (χ2n) is 2.47. The second-order valence-corrected chi connectivity index (χ2v) is 3.38. The minimum absolute atomic E-state index is 0.377. The average molecular weight is 183 g/mol. The van der Waals surface area contributed by atoms with Gasteiger partial charge in [0.25, 0.3) is 0 Å². The molecule has 0 N–H and O–H groups in total. The number of ether oxygens (including phenoxy) is 1. The summed E-state index contributed by atoms with van der Waals surface area (Å²) < 4.78 is 17.5. The van der Waals surface area contributed by atoms with E-state index in [1.165, 1.54) is 0 Å². The van der Waals surface area contributed by atoms with E-state index in [0.29, 0.717) is 0 Å². The molecule has 1 nitrogen and oxygen atoms in total. The molecule has 0 aliphatic carbocycles. The lowest BCUT2D eigenvalue weighted by molar-refractivity contribution is -0.203. The molecular weight excluding hydrogens is 175 g/mol. The molecule has 0 saturated carbocycles. The van der Waals surface area contributed by atoms with Gasteiger partial charge in [-0.1, -0.05) is 15.9 Å². The highest BCUT2D eigenvalue weighted by atomic mass is 79.9. The first-order valence-corrected chi connectivity index (χ1v) is 3.41. The molecule has 8 heavy (non-hydrogen) atoms. The lowest BCUT2D eigenvalue weighted by Crippen LogP contribution is -2.55. The first-order valence-electron chi connectivity index (χ1n) is 2.50. The lowest BCUT2D eigenvalue weighted by atomic mass is 9.98. The highest BCUT2D eigenvalue weighted by Crippen LogP contribution is 2.37. The van der Waals surface area contributed by atoms with Crippen molar-refractivity contribution in [1.29, 1.82) is 0 Å². The van der Waals surface area contributed by atoms with Crippen molar-refractivity contribution in [2.75, 3.05) is 0 Å². The fraction of sp³-hybridized carbons (Fsp3) is 1.00. The van der Waals surface area contributed by atoms with Crippen LogP contribution in [0.3, 0.4) is 0 Å². The fourth-order valence-electron chi connectivity index (χ4n) is 0.658. The third-order valence-electron chi connectivity index (χ3n) is 1.31. The minimum Gasteiger partial charge on any atom is -0.355 e. The summed E-state index contributed by atoms with van der Waals surface area (Å²) >= 11 is 3.00. The van der Waals surface area contributed by atoms with Crippen LogP contribution in [0.5, 0.6) is 0 Å². The van der Waals surface area contributed by atoms with Gasteiger partial charge >= 0.3 is 0 Å². The first-order chi connectivity index (χ1) is 3.54. The smallest absolute Gasteiger partial charge is 0.164 e. The van der Waals surface area contributed by atoms with Crippen molar-refractivity contribution in [3.63, 3.8) is 0 Å². The van der Waals surface area contributed by atoms with Crippen LogP contribution >= 0.6 is 15.9 Å². The van der Waals surface area contributed by atoms with E-state index in [0.717, 1.165) is 0 Å². The van der Waals surface area contributed by atoms with Crippen LogP contribution in [0.15, 0.2) is 0 Å². The fourth-order valence-corrected chi connectivity index (χ4v) is 1.78. The summed E-state index contributed by atoms with van der Waals surface area (Å²) in [6, 6.07) is 0. The molecule has 0 bridgehead atoms. The maximum absolute atomic E-state index is 12.5. The SMILES string of the molecule is CC1(C)OC(Br)C1F. The van der Waals surface area contributed by atoms with Gasteiger partial charge in [-0.05, 0) is 13.8 Å². The topological polar surface area (TPSA) is 9.23 Å². The van der Waals surface area contributed by atoms with Gasteiger partial charge in [0, 0.05) is 0 Å². The first kappa shape index (κ1) is 6.49. The van der Waals surface area contributed by atoms with Crippen LogP contribution in [0, 0.1) is 0 Å². The van der Waals surface area contributed by atoms with Crippen molar-refractivity contribution in [3.05, 3.63) is 0 Å². The normalized spacial score (nSPS) is 43.5. The van der Waals surface area contributed by atoms with E-state index < -0.39 is 11.8 Å². The highest BCUT2D eigenvalue weighted by Gasteiger charge is 2.48. The maximum atomic E-state index is 12.5. The summed E-state index contributed by atoms with van der Waals surface area (Å²) in [6.07, 6.45) is -0.859. The van der Waals surface area contributed by atoms with Crippen LogP contribution in [0.4, 0.5) is 4.39 Å². The predicted octanol–water partition coefficient (Wildman–Crippen LogP) is 1.85. The summed E-state index contributed by atoms with van der Waals surface area (Å²) in [7, 11) is 0. The second kappa shape index (κ2) is 1.67. The van der Waals surface area contributed by atoms with E-state index in [1.54, 1.807) is 13.8 Å². The summed E-state index contributed by atoms with van der Waals surface area (Å²) in [5.74, 6) is 0. The molecule has 48 valence electrons. The molecule has 2 atom stereocenters. The number of halogens is 2. The van der Waals surface area contributed by atoms with Gasteiger partial charge in [-0.3, -0.25) is 0 Å². The Hall–Kier alpha value is 0.370. The molecule has 1 heterocycles. The quantitative estimate of drug-likeness (QED) is 0.520. The van der Waals surface area contributed by atoms with E-state index in [1.807, 2.05) is 0 Å². The zero-order valence-electron chi connectivity index (χ0n) is 4.82. The molecule has 2 unspecified atom stereocenters. The van der Waals surface area contributed by atoms with Crippen LogP contribution in [-0.4, -0.2) is 16.8 Å². The predicted molar refractivity (Wildman–Crippen MR) is 32.8 cm³/mol. The van der Waals surface area contributed by atoms with Crippen molar-refractivity contribution in [1.82, 2.24) is 0 Å². The Bertz CT molecular complexity index is 105. The zero-order valence-corrected chi connectivity index (χ0v) is 6.40. The van der Waals surface area contributed by atoms with E-state index in [2.05, 4.69) is 15.9 Å². The monoisotopic (exact) mass is 182 g/mol. The Morgan fingerprint density at radius 2 is 2.12 bits per heavy atom. The van der Waals surface area contributed by atoms with Gasteiger partial charge in [0.1, 0.15) is 5.01 Å². The van der Waals surface area contributed by atoms with E-state index in [-0.39, 0.29) is 5.01 Å². The van der Waals surface area contributed by atoms with E-state index in [9.17, 15) is 4.39 Å². The average Bonchev–Trinajstić information content (AvgIpc) is 1.65. The molecule has 0 aromatic carbocycles. The number of hydrogen-bond donors (Lipinski definition) is 0. The van der Waals surface area contributed by atoms with Crippen LogP contribution in [0.2, 0.25) is 0 Å². The van der Waals surface area contributed by atoms with Gasteiger partial charge in [0.05, 0.1) is 5.60 Å². The summed E-state index contributed by atoms with van der Waals surface area (Å²) in [6.45, 7) is 3.46. The van der Waals surface area contributed by atoms with Crippen LogP contribution in [-0.2, 0) is 4.74 Å². The highest BCUT2D eigenvalue weighted by molar-refractivity contribution is 9.09. The minimum atomic E-state index is -0.859. The number of alkyl halides is 2. The van der Waals surface area contributed by atoms with Gasteiger partial charge in [0.15, 0.2) is 6.17 Å². The van der Waals surface area contributed by atoms with Crippen LogP contribution in [0.1, 0.15) is 13.8 Å². The molecule has 0 spiro atoms. The number of hydrogen-bond acceptors (Lipinski definition) is 1.